The molecule has 0 aliphatic carbocycles. The molecule has 0 heterocycles. The lowest BCUT2D eigenvalue weighted by molar-refractivity contribution is -0.137. The van der Waals surface area contributed by atoms with Crippen LogP contribution in [0.4, 0.5) is 0 Å². The van der Waals surface area contributed by atoms with Gasteiger partial charge in [-0.25, -0.2) is 0 Å². The Kier molecular flexibility index (Phi) is 5.18. The number of carbonyl (C=O) groups is 1. The summed E-state index contributed by atoms with van der Waals surface area (Å²) < 4.78 is 5.74. The van der Waals surface area contributed by atoms with Crippen molar-refractivity contribution in [1.29, 1.82) is 0 Å². The van der Waals surface area contributed by atoms with Crippen LogP contribution >= 0.6 is 0 Å². The Morgan fingerprint density at radius 3 is 2.50 bits per heavy atom. The lowest BCUT2D eigenvalue weighted by Crippen LogP contribution is -1.97. The minimum absolute atomic E-state index is 0.203. The largest absolute Gasteiger partial charge is 0.489 e. The number of benzene rings is 2. The zero-order valence-corrected chi connectivity index (χ0v) is 11.3. The van der Waals surface area contributed by atoms with Gasteiger partial charge in [-0.3, -0.25) is 4.79 Å². The summed E-state index contributed by atoms with van der Waals surface area (Å²) in [6, 6.07) is 17.8. The summed E-state index contributed by atoms with van der Waals surface area (Å²) in [5.74, 6) is 0.0724. The van der Waals surface area contributed by atoms with Crippen LogP contribution in [0.1, 0.15) is 24.0 Å². The Hall–Kier alpha value is -2.29. The average Bonchev–Trinajstić information content (AvgIpc) is 2.46. The van der Waals surface area contributed by atoms with Gasteiger partial charge in [-0.1, -0.05) is 42.5 Å². The van der Waals surface area contributed by atoms with Gasteiger partial charge in [0.2, 0.25) is 0 Å². The summed E-state index contributed by atoms with van der Waals surface area (Å²) in [4.78, 5) is 10.5. The predicted molar refractivity (Wildman–Crippen MR) is 77.8 cm³/mol. The van der Waals surface area contributed by atoms with Crippen LogP contribution in [0.15, 0.2) is 54.6 Å². The Bertz CT molecular complexity index is 549. The molecule has 0 aromatic heterocycles. The quantitative estimate of drug-likeness (QED) is 0.835. The van der Waals surface area contributed by atoms with E-state index >= 15 is 0 Å². The zero-order chi connectivity index (χ0) is 14.2. The smallest absolute Gasteiger partial charge is 0.303 e. The van der Waals surface area contributed by atoms with E-state index in [1.807, 2.05) is 54.6 Å². The Morgan fingerprint density at radius 2 is 1.75 bits per heavy atom. The number of carboxylic acids is 1. The normalized spacial score (nSPS) is 10.2. The van der Waals surface area contributed by atoms with Crippen LogP contribution in [0, 0.1) is 0 Å². The van der Waals surface area contributed by atoms with E-state index in [9.17, 15) is 4.79 Å². The molecule has 2 aromatic rings. The fraction of sp³-hybridized carbons (Fsp3) is 0.235. The lowest BCUT2D eigenvalue weighted by Gasteiger charge is -2.08. The number of ether oxygens (including phenoxy) is 1. The third-order valence-electron chi connectivity index (χ3n) is 3.00. The molecular weight excluding hydrogens is 252 g/mol. The molecule has 0 amide bonds. The van der Waals surface area contributed by atoms with Crippen LogP contribution in [-0.4, -0.2) is 11.1 Å². The first-order valence-corrected chi connectivity index (χ1v) is 6.71. The molecule has 2 aromatic carbocycles. The summed E-state index contributed by atoms with van der Waals surface area (Å²) in [6.45, 7) is 0.541. The van der Waals surface area contributed by atoms with Gasteiger partial charge >= 0.3 is 5.97 Å². The van der Waals surface area contributed by atoms with Crippen molar-refractivity contribution >= 4 is 5.97 Å². The third kappa shape index (κ3) is 4.76. The maximum atomic E-state index is 10.5. The van der Waals surface area contributed by atoms with Gasteiger partial charge in [0.25, 0.3) is 0 Å². The molecule has 3 nitrogen and oxygen atoms in total. The van der Waals surface area contributed by atoms with Gasteiger partial charge in [0.1, 0.15) is 12.4 Å². The zero-order valence-electron chi connectivity index (χ0n) is 11.3. The van der Waals surface area contributed by atoms with Gasteiger partial charge in [0, 0.05) is 6.42 Å². The molecular formula is C17H18O3. The fourth-order valence-corrected chi connectivity index (χ4v) is 1.98. The van der Waals surface area contributed by atoms with Crippen LogP contribution in [0.2, 0.25) is 0 Å². The van der Waals surface area contributed by atoms with Crippen molar-refractivity contribution in [3.05, 3.63) is 65.7 Å². The number of carboxylic acid groups (broad SMARTS) is 1. The predicted octanol–water partition coefficient (Wildman–Crippen LogP) is 3.67. The molecule has 0 fully saturated rings. The van der Waals surface area contributed by atoms with E-state index in [1.165, 1.54) is 0 Å². The molecule has 0 spiro atoms. The molecule has 1 N–H and O–H groups in total. The third-order valence-corrected chi connectivity index (χ3v) is 3.00. The van der Waals surface area contributed by atoms with Crippen LogP contribution < -0.4 is 4.74 Å². The van der Waals surface area contributed by atoms with Crippen molar-refractivity contribution in [2.24, 2.45) is 0 Å². The molecule has 0 aliphatic heterocycles. The molecule has 3 heteroatoms. The molecule has 104 valence electrons. The second-order valence-corrected chi connectivity index (χ2v) is 4.67. The lowest BCUT2D eigenvalue weighted by atomic mass is 10.1. The second-order valence-electron chi connectivity index (χ2n) is 4.67. The first-order valence-electron chi connectivity index (χ1n) is 6.71. The maximum Gasteiger partial charge on any atom is 0.303 e. The maximum absolute atomic E-state index is 10.5. The highest BCUT2D eigenvalue weighted by molar-refractivity contribution is 5.66. The van der Waals surface area contributed by atoms with E-state index < -0.39 is 5.97 Å². The van der Waals surface area contributed by atoms with Gasteiger partial charge < -0.3 is 9.84 Å². The molecule has 0 unspecified atom stereocenters. The molecule has 20 heavy (non-hydrogen) atoms. The highest BCUT2D eigenvalue weighted by Gasteiger charge is 2.01. The fourth-order valence-electron chi connectivity index (χ4n) is 1.98. The first kappa shape index (κ1) is 14.1. The van der Waals surface area contributed by atoms with E-state index in [-0.39, 0.29) is 6.42 Å². The second kappa shape index (κ2) is 7.34. The molecule has 0 aliphatic rings. The summed E-state index contributed by atoms with van der Waals surface area (Å²) >= 11 is 0. The SMILES string of the molecule is O=C(O)CCCc1cccc(OCc2ccccc2)c1. The van der Waals surface area contributed by atoms with E-state index in [2.05, 4.69) is 0 Å². The van der Waals surface area contributed by atoms with Crippen molar-refractivity contribution in [3.8, 4) is 5.75 Å². The highest BCUT2D eigenvalue weighted by Crippen LogP contribution is 2.16. The summed E-state index contributed by atoms with van der Waals surface area (Å²) in [7, 11) is 0. The molecule has 0 atom stereocenters. The number of aliphatic carboxylic acids is 1. The summed E-state index contributed by atoms with van der Waals surface area (Å²) in [6.07, 6.45) is 1.61. The van der Waals surface area contributed by atoms with Crippen molar-refractivity contribution in [2.75, 3.05) is 0 Å². The van der Waals surface area contributed by atoms with E-state index in [4.69, 9.17) is 9.84 Å². The Balaban J connectivity index is 1.87. The molecule has 0 saturated heterocycles. The number of rotatable bonds is 7. The minimum Gasteiger partial charge on any atom is -0.489 e. The number of hydrogen-bond acceptors (Lipinski definition) is 2. The number of aryl methyl sites for hydroxylation is 1. The molecule has 0 saturated carbocycles. The highest BCUT2D eigenvalue weighted by atomic mass is 16.5. The molecule has 0 radical (unpaired) electrons. The average molecular weight is 270 g/mol. The van der Waals surface area contributed by atoms with Gasteiger partial charge in [-0.05, 0) is 36.1 Å². The monoisotopic (exact) mass is 270 g/mol. The van der Waals surface area contributed by atoms with Crippen molar-refractivity contribution in [1.82, 2.24) is 0 Å². The van der Waals surface area contributed by atoms with E-state index in [0.717, 1.165) is 23.3 Å². The van der Waals surface area contributed by atoms with Crippen molar-refractivity contribution in [2.45, 2.75) is 25.9 Å². The van der Waals surface area contributed by atoms with Gasteiger partial charge in [-0.15, -0.1) is 0 Å². The van der Waals surface area contributed by atoms with Crippen LogP contribution in [-0.2, 0) is 17.8 Å². The summed E-state index contributed by atoms with van der Waals surface area (Å²) in [5, 5.41) is 8.63. The van der Waals surface area contributed by atoms with E-state index in [1.54, 1.807) is 0 Å². The Labute approximate surface area is 118 Å². The van der Waals surface area contributed by atoms with Gasteiger partial charge in [0.05, 0.1) is 0 Å². The van der Waals surface area contributed by atoms with Crippen molar-refractivity contribution < 1.29 is 14.6 Å². The molecule has 2 rings (SSSR count). The van der Waals surface area contributed by atoms with Gasteiger partial charge in [-0.2, -0.15) is 0 Å². The first-order chi connectivity index (χ1) is 9.74. The minimum atomic E-state index is -0.749. The van der Waals surface area contributed by atoms with Crippen LogP contribution in [0.5, 0.6) is 5.75 Å². The number of hydrogen-bond donors (Lipinski definition) is 1. The van der Waals surface area contributed by atoms with Gasteiger partial charge in [0.15, 0.2) is 0 Å². The summed E-state index contributed by atoms with van der Waals surface area (Å²) in [5.41, 5.74) is 2.24. The molecule has 0 bridgehead atoms. The standard InChI is InChI=1S/C17H18O3/c18-17(19)11-5-9-14-8-4-10-16(12-14)20-13-15-6-2-1-3-7-15/h1-4,6-8,10,12H,5,9,11,13H2,(H,18,19). The van der Waals surface area contributed by atoms with Crippen LogP contribution in [0.3, 0.4) is 0 Å². The van der Waals surface area contributed by atoms with E-state index in [0.29, 0.717) is 13.0 Å². The topological polar surface area (TPSA) is 46.5 Å². The Morgan fingerprint density at radius 1 is 1.00 bits per heavy atom. The van der Waals surface area contributed by atoms with Crippen LogP contribution in [0.25, 0.3) is 0 Å². The van der Waals surface area contributed by atoms with Crippen molar-refractivity contribution in [3.63, 3.8) is 0 Å².